The molecule has 1 atom stereocenters. The zero-order valence-electron chi connectivity index (χ0n) is 12.6. The van der Waals surface area contributed by atoms with Crippen LogP contribution in [0.2, 0.25) is 0 Å². The number of likely N-dealkylation sites (tertiary alicyclic amines) is 1. The SMILES string of the molecule is COc1cccc(CCN2CC3(CCOC3)CCC2=O)c1. The minimum atomic E-state index is 0.224. The molecular formula is C17H23NO3. The van der Waals surface area contributed by atoms with Crippen molar-refractivity contribution in [1.82, 2.24) is 4.90 Å². The lowest BCUT2D eigenvalue weighted by Gasteiger charge is -2.39. The van der Waals surface area contributed by atoms with Gasteiger partial charge < -0.3 is 14.4 Å². The summed E-state index contributed by atoms with van der Waals surface area (Å²) in [6, 6.07) is 8.08. The maximum absolute atomic E-state index is 12.1. The highest BCUT2D eigenvalue weighted by atomic mass is 16.5. The second-order valence-electron chi connectivity index (χ2n) is 6.22. The number of piperidine rings is 1. The van der Waals surface area contributed by atoms with Gasteiger partial charge in [0.2, 0.25) is 5.91 Å². The first-order valence-corrected chi connectivity index (χ1v) is 7.69. The highest BCUT2D eigenvalue weighted by Crippen LogP contribution is 2.38. The Morgan fingerprint density at radius 1 is 1.38 bits per heavy atom. The van der Waals surface area contributed by atoms with Crippen molar-refractivity contribution < 1.29 is 14.3 Å². The van der Waals surface area contributed by atoms with Crippen LogP contribution < -0.4 is 4.74 Å². The van der Waals surface area contributed by atoms with E-state index < -0.39 is 0 Å². The summed E-state index contributed by atoms with van der Waals surface area (Å²) in [6.45, 7) is 3.30. The summed E-state index contributed by atoms with van der Waals surface area (Å²) in [6.07, 6.45) is 3.62. The number of nitrogens with zero attached hydrogens (tertiary/aromatic N) is 1. The molecule has 1 aromatic carbocycles. The van der Waals surface area contributed by atoms with E-state index in [1.165, 1.54) is 5.56 Å². The van der Waals surface area contributed by atoms with Crippen LogP contribution in [0.1, 0.15) is 24.8 Å². The molecule has 4 nitrogen and oxygen atoms in total. The largest absolute Gasteiger partial charge is 0.497 e. The highest BCUT2D eigenvalue weighted by molar-refractivity contribution is 5.77. The average Bonchev–Trinajstić information content (AvgIpc) is 2.97. The Bertz CT molecular complexity index is 509. The smallest absolute Gasteiger partial charge is 0.222 e. The van der Waals surface area contributed by atoms with E-state index >= 15 is 0 Å². The van der Waals surface area contributed by atoms with Gasteiger partial charge in [-0.2, -0.15) is 0 Å². The van der Waals surface area contributed by atoms with Gasteiger partial charge >= 0.3 is 0 Å². The highest BCUT2D eigenvalue weighted by Gasteiger charge is 2.41. The lowest BCUT2D eigenvalue weighted by atomic mass is 9.79. The van der Waals surface area contributed by atoms with E-state index in [9.17, 15) is 4.79 Å². The molecule has 1 aromatic rings. The number of carbonyl (C=O) groups is 1. The Balaban J connectivity index is 1.61. The van der Waals surface area contributed by atoms with Crippen molar-refractivity contribution in [3.63, 3.8) is 0 Å². The van der Waals surface area contributed by atoms with E-state index in [4.69, 9.17) is 9.47 Å². The standard InChI is InChI=1S/C17H23NO3/c1-20-15-4-2-3-14(11-15)6-9-18-12-17(7-5-16(18)19)8-10-21-13-17/h2-4,11H,5-10,12-13H2,1H3. The van der Waals surface area contributed by atoms with Gasteiger partial charge in [-0.3, -0.25) is 4.79 Å². The van der Waals surface area contributed by atoms with Gasteiger partial charge in [-0.05, 0) is 37.0 Å². The maximum Gasteiger partial charge on any atom is 0.222 e. The fourth-order valence-corrected chi connectivity index (χ4v) is 3.37. The number of hydrogen-bond donors (Lipinski definition) is 0. The third-order valence-corrected chi connectivity index (χ3v) is 4.74. The van der Waals surface area contributed by atoms with E-state index in [0.29, 0.717) is 6.42 Å². The predicted octanol–water partition coefficient (Wildman–Crippen LogP) is 2.27. The second kappa shape index (κ2) is 6.06. The lowest BCUT2D eigenvalue weighted by molar-refractivity contribution is -0.137. The molecule has 3 rings (SSSR count). The Labute approximate surface area is 126 Å². The molecule has 2 aliphatic heterocycles. The quantitative estimate of drug-likeness (QED) is 0.853. The molecule has 0 aromatic heterocycles. The van der Waals surface area contributed by atoms with E-state index in [1.807, 2.05) is 23.1 Å². The van der Waals surface area contributed by atoms with Crippen molar-refractivity contribution in [2.45, 2.75) is 25.7 Å². The van der Waals surface area contributed by atoms with Crippen LogP contribution in [0.3, 0.4) is 0 Å². The first-order chi connectivity index (χ1) is 10.2. The van der Waals surface area contributed by atoms with E-state index in [-0.39, 0.29) is 11.3 Å². The van der Waals surface area contributed by atoms with Crippen molar-refractivity contribution >= 4 is 5.91 Å². The number of methoxy groups -OCH3 is 1. The molecular weight excluding hydrogens is 266 g/mol. The molecule has 2 heterocycles. The summed E-state index contributed by atoms with van der Waals surface area (Å²) in [5.41, 5.74) is 1.44. The molecule has 2 aliphatic rings. The molecule has 2 fully saturated rings. The zero-order chi connectivity index (χ0) is 14.7. The van der Waals surface area contributed by atoms with E-state index in [2.05, 4.69) is 6.07 Å². The average molecular weight is 289 g/mol. The Morgan fingerprint density at radius 3 is 3.05 bits per heavy atom. The molecule has 2 saturated heterocycles. The van der Waals surface area contributed by atoms with E-state index in [0.717, 1.165) is 51.3 Å². The summed E-state index contributed by atoms with van der Waals surface area (Å²) in [5.74, 6) is 1.16. The van der Waals surface area contributed by atoms with Gasteiger partial charge in [0, 0.05) is 31.5 Å². The van der Waals surface area contributed by atoms with Gasteiger partial charge in [-0.15, -0.1) is 0 Å². The minimum absolute atomic E-state index is 0.224. The van der Waals surface area contributed by atoms with Crippen LogP contribution in [0, 0.1) is 5.41 Å². The van der Waals surface area contributed by atoms with Crippen LogP contribution in [0.4, 0.5) is 0 Å². The van der Waals surface area contributed by atoms with Crippen LogP contribution in [0.15, 0.2) is 24.3 Å². The second-order valence-corrected chi connectivity index (χ2v) is 6.22. The van der Waals surface area contributed by atoms with Crippen molar-refractivity contribution in [3.05, 3.63) is 29.8 Å². The van der Waals surface area contributed by atoms with Gasteiger partial charge in [0.05, 0.1) is 13.7 Å². The van der Waals surface area contributed by atoms with Gasteiger partial charge in [0.1, 0.15) is 5.75 Å². The van der Waals surface area contributed by atoms with Crippen molar-refractivity contribution in [3.8, 4) is 5.75 Å². The fraction of sp³-hybridized carbons (Fsp3) is 0.588. The maximum atomic E-state index is 12.1. The summed E-state index contributed by atoms with van der Waals surface area (Å²) in [4.78, 5) is 14.2. The van der Waals surface area contributed by atoms with Crippen molar-refractivity contribution in [1.29, 1.82) is 0 Å². The fourth-order valence-electron chi connectivity index (χ4n) is 3.37. The lowest BCUT2D eigenvalue weighted by Crippen LogP contribution is -2.47. The molecule has 1 spiro atoms. The molecule has 114 valence electrons. The molecule has 1 unspecified atom stereocenters. The molecule has 21 heavy (non-hydrogen) atoms. The minimum Gasteiger partial charge on any atom is -0.497 e. The summed E-state index contributed by atoms with van der Waals surface area (Å²) < 4.78 is 10.8. The Hall–Kier alpha value is -1.55. The normalized spacial score (nSPS) is 25.6. The molecule has 0 saturated carbocycles. The van der Waals surface area contributed by atoms with Crippen molar-refractivity contribution in [2.24, 2.45) is 5.41 Å². The molecule has 4 heteroatoms. The predicted molar refractivity (Wildman–Crippen MR) is 80.4 cm³/mol. The van der Waals surface area contributed by atoms with E-state index in [1.54, 1.807) is 7.11 Å². The third kappa shape index (κ3) is 3.21. The first-order valence-electron chi connectivity index (χ1n) is 7.69. The number of amides is 1. The van der Waals surface area contributed by atoms with Crippen LogP contribution >= 0.6 is 0 Å². The molecule has 0 aliphatic carbocycles. The van der Waals surface area contributed by atoms with Gasteiger partial charge in [-0.25, -0.2) is 0 Å². The Kier molecular flexibility index (Phi) is 4.15. The number of rotatable bonds is 4. The molecule has 0 N–H and O–H groups in total. The molecule has 1 amide bonds. The number of benzene rings is 1. The zero-order valence-corrected chi connectivity index (χ0v) is 12.6. The third-order valence-electron chi connectivity index (χ3n) is 4.74. The monoisotopic (exact) mass is 289 g/mol. The number of carbonyl (C=O) groups excluding carboxylic acids is 1. The van der Waals surface area contributed by atoms with Gasteiger partial charge in [0.15, 0.2) is 0 Å². The van der Waals surface area contributed by atoms with Crippen LogP contribution in [0.5, 0.6) is 5.75 Å². The van der Waals surface area contributed by atoms with Crippen molar-refractivity contribution in [2.75, 3.05) is 33.4 Å². The van der Waals surface area contributed by atoms with Crippen LogP contribution in [-0.2, 0) is 16.0 Å². The van der Waals surface area contributed by atoms with Crippen LogP contribution in [0.25, 0.3) is 0 Å². The molecule has 0 radical (unpaired) electrons. The number of hydrogen-bond acceptors (Lipinski definition) is 3. The summed E-state index contributed by atoms with van der Waals surface area (Å²) in [7, 11) is 1.68. The van der Waals surface area contributed by atoms with Crippen LogP contribution in [-0.4, -0.2) is 44.2 Å². The number of ether oxygens (including phenoxy) is 2. The summed E-state index contributed by atoms with van der Waals surface area (Å²) in [5, 5.41) is 0. The summed E-state index contributed by atoms with van der Waals surface area (Å²) >= 11 is 0. The first kappa shape index (κ1) is 14.4. The van der Waals surface area contributed by atoms with Gasteiger partial charge in [0.25, 0.3) is 0 Å². The Morgan fingerprint density at radius 2 is 2.29 bits per heavy atom. The topological polar surface area (TPSA) is 38.8 Å². The molecule has 0 bridgehead atoms. The van der Waals surface area contributed by atoms with Gasteiger partial charge in [-0.1, -0.05) is 12.1 Å².